The molecule has 0 spiro atoms. The molecule has 1 atom stereocenters. The average Bonchev–Trinajstić information content (AvgIpc) is 3.09. The van der Waals surface area contributed by atoms with E-state index in [1.165, 1.54) is 11.1 Å². The molecule has 1 saturated heterocycles. The molecule has 0 aromatic carbocycles. The summed E-state index contributed by atoms with van der Waals surface area (Å²) in [7, 11) is 0. The van der Waals surface area contributed by atoms with Gasteiger partial charge in [-0.05, 0) is 30.4 Å². The van der Waals surface area contributed by atoms with Crippen LogP contribution in [0.4, 0.5) is 0 Å². The number of carbonyl (C=O) groups excluding carboxylic acids is 1. The smallest absolute Gasteiger partial charge is 0.257 e. The number of nitrogens with zero attached hydrogens (tertiary/aromatic N) is 1. The second kappa shape index (κ2) is 4.37. The fourth-order valence-corrected chi connectivity index (χ4v) is 3.21. The number of carbonyl (C=O) groups is 1. The molecule has 88 valence electrons. The third-order valence-corrected chi connectivity index (χ3v) is 4.13. The Balaban J connectivity index is 1.85. The Hall–Kier alpha value is -1.55. The lowest BCUT2D eigenvalue weighted by atomic mass is 10.1. The third-order valence-electron chi connectivity index (χ3n) is 3.15. The quantitative estimate of drug-likeness (QED) is 0.815. The molecule has 3 rings (SSSR count). The van der Waals surface area contributed by atoms with E-state index in [9.17, 15) is 4.79 Å². The Morgan fingerprint density at radius 2 is 2.41 bits per heavy atom. The molecule has 4 heteroatoms. The standard InChI is InChI=1S/C13H13NO2S/c15-13(10-5-7-16-9-10)14-6-1-3-11(14)12-4-2-8-17-12/h2,4-5,7-9,11H,1,3,6H2/t11-/m1/s1. The van der Waals surface area contributed by atoms with Crippen molar-refractivity contribution < 1.29 is 9.21 Å². The zero-order chi connectivity index (χ0) is 11.7. The van der Waals surface area contributed by atoms with Crippen molar-refractivity contribution in [1.29, 1.82) is 0 Å². The van der Waals surface area contributed by atoms with Crippen LogP contribution in [0.2, 0.25) is 0 Å². The molecule has 2 aromatic rings. The lowest BCUT2D eigenvalue weighted by molar-refractivity contribution is 0.0737. The van der Waals surface area contributed by atoms with Gasteiger partial charge in [0.05, 0.1) is 17.9 Å². The molecule has 1 amide bonds. The minimum atomic E-state index is 0.0784. The zero-order valence-electron chi connectivity index (χ0n) is 9.33. The third kappa shape index (κ3) is 1.89. The van der Waals surface area contributed by atoms with Gasteiger partial charge in [0.25, 0.3) is 5.91 Å². The molecule has 0 unspecified atom stereocenters. The summed E-state index contributed by atoms with van der Waals surface area (Å²) in [5.41, 5.74) is 0.647. The number of likely N-dealkylation sites (tertiary alicyclic amines) is 1. The van der Waals surface area contributed by atoms with Crippen LogP contribution in [0.15, 0.2) is 40.5 Å². The van der Waals surface area contributed by atoms with E-state index in [2.05, 4.69) is 11.4 Å². The van der Waals surface area contributed by atoms with Gasteiger partial charge in [-0.1, -0.05) is 6.07 Å². The average molecular weight is 247 g/mol. The van der Waals surface area contributed by atoms with Crippen molar-refractivity contribution in [3.8, 4) is 0 Å². The summed E-state index contributed by atoms with van der Waals surface area (Å²) >= 11 is 1.72. The second-order valence-electron chi connectivity index (χ2n) is 4.18. The van der Waals surface area contributed by atoms with Crippen LogP contribution in [0.25, 0.3) is 0 Å². The number of furan rings is 1. The number of hydrogen-bond donors (Lipinski definition) is 0. The number of rotatable bonds is 2. The van der Waals surface area contributed by atoms with Crippen molar-refractivity contribution in [3.63, 3.8) is 0 Å². The van der Waals surface area contributed by atoms with Gasteiger partial charge in [-0.3, -0.25) is 4.79 Å². The predicted molar refractivity (Wildman–Crippen MR) is 66.0 cm³/mol. The fraction of sp³-hybridized carbons (Fsp3) is 0.308. The SMILES string of the molecule is O=C(c1ccoc1)N1CCC[C@@H]1c1cccs1. The first-order valence-corrected chi connectivity index (χ1v) is 6.61. The second-order valence-corrected chi connectivity index (χ2v) is 5.16. The molecular weight excluding hydrogens is 234 g/mol. The molecule has 0 aliphatic carbocycles. The first-order chi connectivity index (χ1) is 8.36. The van der Waals surface area contributed by atoms with Crippen LogP contribution in [0, 0.1) is 0 Å². The Bertz CT molecular complexity index is 489. The highest BCUT2D eigenvalue weighted by atomic mass is 32.1. The van der Waals surface area contributed by atoms with E-state index in [1.807, 2.05) is 11.0 Å². The minimum Gasteiger partial charge on any atom is -0.472 e. The molecule has 0 saturated carbocycles. The van der Waals surface area contributed by atoms with Gasteiger partial charge in [0, 0.05) is 11.4 Å². The molecule has 3 heterocycles. The highest BCUT2D eigenvalue weighted by Gasteiger charge is 2.31. The van der Waals surface area contributed by atoms with Crippen molar-refractivity contribution in [2.24, 2.45) is 0 Å². The summed E-state index contributed by atoms with van der Waals surface area (Å²) in [5, 5.41) is 2.06. The van der Waals surface area contributed by atoms with Gasteiger partial charge in [-0.2, -0.15) is 0 Å². The summed E-state index contributed by atoms with van der Waals surface area (Å²) in [6, 6.07) is 6.12. The Labute approximate surface area is 104 Å². The molecule has 0 radical (unpaired) electrons. The highest BCUT2D eigenvalue weighted by Crippen LogP contribution is 2.35. The molecule has 1 fully saturated rings. The normalized spacial score (nSPS) is 19.8. The van der Waals surface area contributed by atoms with Crippen LogP contribution < -0.4 is 0 Å². The maximum atomic E-state index is 12.3. The van der Waals surface area contributed by atoms with E-state index < -0.39 is 0 Å². The fourth-order valence-electron chi connectivity index (χ4n) is 2.34. The molecule has 3 nitrogen and oxygen atoms in total. The van der Waals surface area contributed by atoms with Crippen molar-refractivity contribution >= 4 is 17.2 Å². The molecular formula is C13H13NO2S. The maximum absolute atomic E-state index is 12.3. The van der Waals surface area contributed by atoms with Crippen LogP contribution in [0.5, 0.6) is 0 Å². The highest BCUT2D eigenvalue weighted by molar-refractivity contribution is 7.10. The summed E-state index contributed by atoms with van der Waals surface area (Å²) in [4.78, 5) is 15.5. The van der Waals surface area contributed by atoms with Crippen molar-refractivity contribution in [3.05, 3.63) is 46.5 Å². The number of amides is 1. The first kappa shape index (κ1) is 10.6. The molecule has 1 aliphatic rings. The van der Waals surface area contributed by atoms with Crippen molar-refractivity contribution in [2.75, 3.05) is 6.54 Å². The lowest BCUT2D eigenvalue weighted by Crippen LogP contribution is -2.29. The molecule has 2 aromatic heterocycles. The lowest BCUT2D eigenvalue weighted by Gasteiger charge is -2.23. The van der Waals surface area contributed by atoms with E-state index >= 15 is 0 Å². The Kier molecular flexibility index (Phi) is 2.73. The van der Waals surface area contributed by atoms with Gasteiger partial charge >= 0.3 is 0 Å². The molecule has 0 N–H and O–H groups in total. The van der Waals surface area contributed by atoms with E-state index in [-0.39, 0.29) is 11.9 Å². The van der Waals surface area contributed by atoms with Gasteiger partial charge in [-0.15, -0.1) is 11.3 Å². The monoisotopic (exact) mass is 247 g/mol. The van der Waals surface area contributed by atoms with Gasteiger partial charge < -0.3 is 9.32 Å². The summed E-state index contributed by atoms with van der Waals surface area (Å²) in [6.45, 7) is 0.840. The van der Waals surface area contributed by atoms with E-state index in [4.69, 9.17) is 4.42 Å². The van der Waals surface area contributed by atoms with Gasteiger partial charge in [0.1, 0.15) is 6.26 Å². The number of hydrogen-bond acceptors (Lipinski definition) is 3. The molecule has 17 heavy (non-hydrogen) atoms. The molecule has 0 bridgehead atoms. The van der Waals surface area contributed by atoms with Crippen LogP contribution in [-0.2, 0) is 0 Å². The van der Waals surface area contributed by atoms with Crippen molar-refractivity contribution in [1.82, 2.24) is 4.90 Å². The maximum Gasteiger partial charge on any atom is 0.257 e. The van der Waals surface area contributed by atoms with E-state index in [1.54, 1.807) is 23.7 Å². The minimum absolute atomic E-state index is 0.0784. The predicted octanol–water partition coefficient (Wildman–Crippen LogP) is 3.32. The van der Waals surface area contributed by atoms with Gasteiger partial charge in [0.15, 0.2) is 0 Å². The number of thiophene rings is 1. The Morgan fingerprint density at radius 1 is 1.47 bits per heavy atom. The van der Waals surface area contributed by atoms with Crippen LogP contribution in [0.3, 0.4) is 0 Å². The van der Waals surface area contributed by atoms with E-state index in [0.717, 1.165) is 19.4 Å². The first-order valence-electron chi connectivity index (χ1n) is 5.73. The summed E-state index contributed by atoms with van der Waals surface area (Å²) in [6.07, 6.45) is 5.20. The zero-order valence-corrected chi connectivity index (χ0v) is 10.2. The largest absolute Gasteiger partial charge is 0.472 e. The summed E-state index contributed by atoms with van der Waals surface area (Å²) in [5.74, 6) is 0.0784. The van der Waals surface area contributed by atoms with Crippen molar-refractivity contribution in [2.45, 2.75) is 18.9 Å². The van der Waals surface area contributed by atoms with Gasteiger partial charge in [0.2, 0.25) is 0 Å². The molecule has 1 aliphatic heterocycles. The summed E-state index contributed by atoms with van der Waals surface area (Å²) < 4.78 is 4.98. The Morgan fingerprint density at radius 3 is 3.12 bits per heavy atom. The van der Waals surface area contributed by atoms with Crippen LogP contribution in [0.1, 0.15) is 34.1 Å². The van der Waals surface area contributed by atoms with E-state index in [0.29, 0.717) is 5.56 Å². The van der Waals surface area contributed by atoms with Gasteiger partial charge in [-0.25, -0.2) is 0 Å². The van der Waals surface area contributed by atoms with Crippen LogP contribution >= 0.6 is 11.3 Å². The topological polar surface area (TPSA) is 33.5 Å². The van der Waals surface area contributed by atoms with Crippen LogP contribution in [-0.4, -0.2) is 17.4 Å².